The van der Waals surface area contributed by atoms with E-state index in [1.165, 1.54) is 0 Å². The fourth-order valence-electron chi connectivity index (χ4n) is 0.228. The fraction of sp³-hybridized carbons (Fsp3) is 0.600. The molecule has 0 aromatic carbocycles. The van der Waals surface area contributed by atoms with Crippen LogP contribution in [0.15, 0.2) is 0 Å². The van der Waals surface area contributed by atoms with Crippen LogP contribution in [-0.2, 0) is 0 Å². The normalized spacial score (nSPS) is 10.1. The van der Waals surface area contributed by atoms with Crippen molar-refractivity contribution in [2.45, 2.75) is 19.9 Å². The van der Waals surface area contributed by atoms with Gasteiger partial charge in [0.1, 0.15) is 0 Å². The lowest BCUT2D eigenvalue weighted by Crippen LogP contribution is -2.10. The zero-order valence-corrected chi connectivity index (χ0v) is 5.38. The van der Waals surface area contributed by atoms with Gasteiger partial charge < -0.3 is 5.73 Å². The number of hydrogen-bond acceptors (Lipinski definition) is 1. The van der Waals surface area contributed by atoms with E-state index in [1.54, 1.807) is 6.92 Å². The van der Waals surface area contributed by atoms with Crippen molar-refractivity contribution in [3.05, 3.63) is 0 Å². The molecule has 0 unspecified atom stereocenters. The molecule has 0 aromatic rings. The van der Waals surface area contributed by atoms with Gasteiger partial charge in [-0.2, -0.15) is 0 Å². The van der Waals surface area contributed by atoms with Gasteiger partial charge in [0.15, 0.2) is 0 Å². The molecule has 7 heavy (non-hydrogen) atoms. The molecule has 0 bridgehead atoms. The monoisotopic (exact) mass is 119 g/mol. The van der Waals surface area contributed by atoms with Crippen LogP contribution < -0.4 is 5.73 Å². The Morgan fingerprint density at radius 1 is 1.57 bits per heavy atom. The molecule has 0 saturated heterocycles. The molecule has 0 amide bonds. The van der Waals surface area contributed by atoms with Crippen LogP contribution in [0.2, 0.25) is 0 Å². The lowest BCUT2D eigenvalue weighted by molar-refractivity contribution is 0.959. The summed E-state index contributed by atoms with van der Waals surface area (Å²) in [5, 5.41) is 0. The maximum absolute atomic E-state index is 5.23. The lowest BCUT2D eigenvalue weighted by atomic mass is 10.4. The quantitative estimate of drug-likeness (QED) is 0.469. The van der Waals surface area contributed by atoms with Gasteiger partial charge in [0.25, 0.3) is 0 Å². The summed E-state index contributed by atoms with van der Waals surface area (Å²) in [6.45, 7) is 3.64. The number of rotatable bonds is 0. The summed E-state index contributed by atoms with van der Waals surface area (Å²) in [7, 11) is 0. The Bertz CT molecular complexity index is 77.8. The van der Waals surface area contributed by atoms with E-state index in [0.717, 1.165) is 0 Å². The van der Waals surface area contributed by atoms with Gasteiger partial charge in [0.2, 0.25) is 0 Å². The van der Waals surface area contributed by atoms with Crippen LogP contribution in [0, 0.1) is 11.8 Å². The van der Waals surface area contributed by atoms with Gasteiger partial charge in [-0.25, -0.2) is 0 Å². The first-order valence-corrected chi connectivity index (χ1v) is 1.95. The summed E-state index contributed by atoms with van der Waals surface area (Å²) in [4.78, 5) is 0. The highest BCUT2D eigenvalue weighted by Gasteiger charge is 1.75. The summed E-state index contributed by atoms with van der Waals surface area (Å²) in [5.41, 5.74) is 5.23. The molecule has 2 heteroatoms. The zero-order valence-electron chi connectivity index (χ0n) is 4.56. The van der Waals surface area contributed by atoms with Crippen LogP contribution in [0.3, 0.4) is 0 Å². The third-order valence-corrected chi connectivity index (χ3v) is 0.372. The zero-order chi connectivity index (χ0) is 4.99. The molecule has 0 aromatic heterocycles. The van der Waals surface area contributed by atoms with Gasteiger partial charge >= 0.3 is 0 Å². The Labute approximate surface area is 50.7 Å². The molecule has 0 aliphatic heterocycles. The Hall–Kier alpha value is -0.190. The predicted octanol–water partition coefficient (Wildman–Crippen LogP) is 0.779. The molecular formula is C5H10ClN. The number of halogens is 1. The van der Waals surface area contributed by atoms with Crippen LogP contribution in [0.1, 0.15) is 13.8 Å². The Morgan fingerprint density at radius 3 is 2.00 bits per heavy atom. The topological polar surface area (TPSA) is 26.0 Å². The van der Waals surface area contributed by atoms with E-state index in [4.69, 9.17) is 5.73 Å². The minimum atomic E-state index is 0. The first-order valence-electron chi connectivity index (χ1n) is 1.95. The average molecular weight is 120 g/mol. The van der Waals surface area contributed by atoms with Crippen molar-refractivity contribution < 1.29 is 0 Å². The summed E-state index contributed by atoms with van der Waals surface area (Å²) < 4.78 is 0. The molecule has 0 aliphatic carbocycles. The van der Waals surface area contributed by atoms with Crippen molar-refractivity contribution in [1.82, 2.24) is 0 Å². The van der Waals surface area contributed by atoms with Gasteiger partial charge in [0.05, 0.1) is 6.04 Å². The van der Waals surface area contributed by atoms with E-state index in [1.807, 2.05) is 6.92 Å². The van der Waals surface area contributed by atoms with E-state index in [9.17, 15) is 0 Å². The Balaban J connectivity index is 0. The van der Waals surface area contributed by atoms with Crippen LogP contribution >= 0.6 is 12.4 Å². The second-order valence-corrected chi connectivity index (χ2v) is 1.18. The highest BCUT2D eigenvalue weighted by atomic mass is 35.5. The number of nitrogens with two attached hydrogens (primary N) is 1. The Morgan fingerprint density at radius 2 is 2.00 bits per heavy atom. The van der Waals surface area contributed by atoms with Gasteiger partial charge in [-0.05, 0) is 13.8 Å². The van der Waals surface area contributed by atoms with Crippen LogP contribution in [0.5, 0.6) is 0 Å². The molecule has 0 saturated carbocycles. The minimum absolute atomic E-state index is 0. The van der Waals surface area contributed by atoms with E-state index in [0.29, 0.717) is 0 Å². The molecule has 0 aliphatic rings. The fourth-order valence-corrected chi connectivity index (χ4v) is 0.228. The summed E-state index contributed by atoms with van der Waals surface area (Å²) in [5.74, 6) is 5.43. The molecule has 42 valence electrons. The van der Waals surface area contributed by atoms with Crippen molar-refractivity contribution in [1.29, 1.82) is 0 Å². The first-order chi connectivity index (χ1) is 2.77. The third-order valence-electron chi connectivity index (χ3n) is 0.372. The lowest BCUT2D eigenvalue weighted by Gasteiger charge is -1.83. The molecule has 0 rings (SSSR count). The average Bonchev–Trinajstić information content (AvgIpc) is 1.35. The maximum atomic E-state index is 5.23. The maximum Gasteiger partial charge on any atom is 0.0635 e. The molecule has 0 radical (unpaired) electrons. The van der Waals surface area contributed by atoms with Gasteiger partial charge in [-0.1, -0.05) is 5.92 Å². The third kappa shape index (κ3) is 10.7. The molecule has 1 nitrogen and oxygen atoms in total. The summed E-state index contributed by atoms with van der Waals surface area (Å²) >= 11 is 0. The van der Waals surface area contributed by atoms with Gasteiger partial charge in [-0.15, -0.1) is 18.3 Å². The largest absolute Gasteiger partial charge is 0.318 e. The molecule has 2 N–H and O–H groups in total. The second-order valence-electron chi connectivity index (χ2n) is 1.18. The van der Waals surface area contributed by atoms with Crippen LogP contribution in [-0.4, -0.2) is 6.04 Å². The van der Waals surface area contributed by atoms with E-state index in [2.05, 4.69) is 11.8 Å². The molecule has 0 heterocycles. The first kappa shape index (κ1) is 9.94. The van der Waals surface area contributed by atoms with E-state index in [-0.39, 0.29) is 18.4 Å². The van der Waals surface area contributed by atoms with Crippen molar-refractivity contribution >= 4 is 12.4 Å². The summed E-state index contributed by atoms with van der Waals surface area (Å²) in [6.07, 6.45) is 0. The standard InChI is InChI=1S/C5H9N.ClH/c1-3-4-5(2)6;/h5H,6H2,1-2H3;1H/t5-;/m1./s1. The van der Waals surface area contributed by atoms with Crippen molar-refractivity contribution in [3.63, 3.8) is 0 Å². The Kier molecular flexibility index (Phi) is 8.25. The smallest absolute Gasteiger partial charge is 0.0635 e. The molecule has 1 atom stereocenters. The van der Waals surface area contributed by atoms with Crippen molar-refractivity contribution in [3.8, 4) is 11.8 Å². The predicted molar refractivity (Wildman–Crippen MR) is 34.3 cm³/mol. The van der Waals surface area contributed by atoms with E-state index < -0.39 is 0 Å². The highest BCUT2D eigenvalue weighted by Crippen LogP contribution is 1.63. The van der Waals surface area contributed by atoms with E-state index >= 15 is 0 Å². The SMILES string of the molecule is CC#C[C@@H](C)N.Cl. The van der Waals surface area contributed by atoms with Crippen LogP contribution in [0.4, 0.5) is 0 Å². The van der Waals surface area contributed by atoms with Crippen molar-refractivity contribution in [2.75, 3.05) is 0 Å². The van der Waals surface area contributed by atoms with Crippen molar-refractivity contribution in [2.24, 2.45) is 5.73 Å². The highest BCUT2D eigenvalue weighted by molar-refractivity contribution is 5.85. The summed E-state index contributed by atoms with van der Waals surface area (Å²) in [6, 6.07) is 0.0370. The van der Waals surface area contributed by atoms with Gasteiger partial charge in [0, 0.05) is 0 Å². The molecule has 0 fully saturated rings. The van der Waals surface area contributed by atoms with Gasteiger partial charge in [-0.3, -0.25) is 0 Å². The second kappa shape index (κ2) is 5.81. The van der Waals surface area contributed by atoms with Crippen LogP contribution in [0.25, 0.3) is 0 Å². The number of hydrogen-bond donors (Lipinski definition) is 1. The molecular weight excluding hydrogens is 110 g/mol. The molecule has 0 spiro atoms. The minimum Gasteiger partial charge on any atom is -0.318 e.